The molecule has 1 atom stereocenters. The largest absolute Gasteiger partial charge is 0.316 e. The first-order valence-corrected chi connectivity index (χ1v) is 8.32. The van der Waals surface area contributed by atoms with Crippen LogP contribution in [0.1, 0.15) is 18.4 Å². The smallest absolute Gasteiger partial charge is 0.242 e. The zero-order valence-electron chi connectivity index (χ0n) is 10.9. The summed E-state index contributed by atoms with van der Waals surface area (Å²) in [6.45, 7) is 4.34. The molecular weight excluding hydrogens is 284 g/mol. The van der Waals surface area contributed by atoms with Gasteiger partial charge in [-0.05, 0) is 56.5 Å². The monoisotopic (exact) mass is 302 g/mol. The molecule has 0 saturated carbocycles. The first kappa shape index (κ1) is 14.8. The van der Waals surface area contributed by atoms with Crippen molar-refractivity contribution >= 4 is 21.6 Å². The summed E-state index contributed by atoms with van der Waals surface area (Å²) in [4.78, 5) is 0.157. The third kappa shape index (κ3) is 3.92. The highest BCUT2D eigenvalue weighted by Gasteiger charge is 2.19. The highest BCUT2D eigenvalue weighted by atomic mass is 35.5. The lowest BCUT2D eigenvalue weighted by Gasteiger charge is -2.11. The molecule has 19 heavy (non-hydrogen) atoms. The second-order valence-electron chi connectivity index (χ2n) is 4.98. The van der Waals surface area contributed by atoms with E-state index in [1.807, 2.05) is 6.92 Å². The molecule has 2 N–H and O–H groups in total. The third-order valence-corrected chi connectivity index (χ3v) is 5.33. The lowest BCUT2D eigenvalue weighted by Crippen LogP contribution is -2.27. The minimum atomic E-state index is -3.50. The molecule has 106 valence electrons. The molecule has 1 heterocycles. The zero-order valence-corrected chi connectivity index (χ0v) is 12.5. The van der Waals surface area contributed by atoms with Crippen molar-refractivity contribution in [2.45, 2.75) is 24.7 Å². The van der Waals surface area contributed by atoms with Crippen LogP contribution in [0.2, 0.25) is 5.02 Å². The van der Waals surface area contributed by atoms with Crippen molar-refractivity contribution in [1.82, 2.24) is 10.0 Å². The summed E-state index contributed by atoms with van der Waals surface area (Å²) in [6.07, 6.45) is 1.97. The van der Waals surface area contributed by atoms with Crippen LogP contribution < -0.4 is 10.0 Å². The zero-order chi connectivity index (χ0) is 13.9. The number of hydrogen-bond donors (Lipinski definition) is 2. The molecule has 1 aliphatic heterocycles. The van der Waals surface area contributed by atoms with Gasteiger partial charge in [-0.1, -0.05) is 17.7 Å². The average Bonchev–Trinajstić information content (AvgIpc) is 2.81. The molecule has 0 unspecified atom stereocenters. The van der Waals surface area contributed by atoms with Crippen molar-refractivity contribution in [2.24, 2.45) is 5.92 Å². The van der Waals surface area contributed by atoms with E-state index in [1.54, 1.807) is 18.2 Å². The summed E-state index contributed by atoms with van der Waals surface area (Å²) in [6, 6.07) is 4.97. The van der Waals surface area contributed by atoms with E-state index in [-0.39, 0.29) is 9.92 Å². The van der Waals surface area contributed by atoms with Gasteiger partial charge in [0.2, 0.25) is 10.0 Å². The molecule has 1 fully saturated rings. The Morgan fingerprint density at radius 1 is 1.47 bits per heavy atom. The summed E-state index contributed by atoms with van der Waals surface area (Å²) < 4.78 is 26.9. The number of rotatable bonds is 5. The Morgan fingerprint density at radius 2 is 2.26 bits per heavy atom. The van der Waals surface area contributed by atoms with Crippen molar-refractivity contribution in [2.75, 3.05) is 19.6 Å². The first-order valence-electron chi connectivity index (χ1n) is 6.45. The van der Waals surface area contributed by atoms with Gasteiger partial charge in [0.1, 0.15) is 4.90 Å². The van der Waals surface area contributed by atoms with E-state index < -0.39 is 10.0 Å². The van der Waals surface area contributed by atoms with E-state index in [9.17, 15) is 8.42 Å². The number of hydrogen-bond acceptors (Lipinski definition) is 3. The molecule has 0 spiro atoms. The summed E-state index contributed by atoms with van der Waals surface area (Å²) in [5.74, 6) is 0.566. The van der Waals surface area contributed by atoms with Crippen LogP contribution in [-0.4, -0.2) is 28.1 Å². The topological polar surface area (TPSA) is 58.2 Å². The molecule has 6 heteroatoms. The second-order valence-corrected chi connectivity index (χ2v) is 7.12. The van der Waals surface area contributed by atoms with Gasteiger partial charge in [-0.25, -0.2) is 13.1 Å². The normalized spacial score (nSPS) is 19.8. The van der Waals surface area contributed by atoms with E-state index >= 15 is 0 Å². The summed E-state index contributed by atoms with van der Waals surface area (Å²) in [5.41, 5.74) is 0.945. The molecule has 2 rings (SSSR count). The van der Waals surface area contributed by atoms with Gasteiger partial charge in [-0.2, -0.15) is 0 Å². The molecule has 0 aliphatic carbocycles. The standard InChI is InChI=1S/C13H19ClN2O2S/c1-10-2-3-13(12(14)8-10)19(17,18)16-7-5-11-4-6-15-9-11/h2-3,8,11,15-16H,4-7,9H2,1H3/t11-/m1/s1. The van der Waals surface area contributed by atoms with Crippen LogP contribution >= 0.6 is 11.6 Å². The first-order chi connectivity index (χ1) is 8.99. The molecule has 0 bridgehead atoms. The Balaban J connectivity index is 1.97. The van der Waals surface area contributed by atoms with Crippen molar-refractivity contribution in [3.63, 3.8) is 0 Å². The quantitative estimate of drug-likeness (QED) is 0.874. The Hall–Kier alpha value is -0.620. The van der Waals surface area contributed by atoms with Crippen LogP contribution in [-0.2, 0) is 10.0 Å². The van der Waals surface area contributed by atoms with Crippen LogP contribution in [0, 0.1) is 12.8 Å². The molecule has 1 saturated heterocycles. The Morgan fingerprint density at radius 3 is 2.89 bits per heavy atom. The number of benzene rings is 1. The van der Waals surface area contributed by atoms with Gasteiger partial charge in [0.05, 0.1) is 5.02 Å². The predicted molar refractivity (Wildman–Crippen MR) is 77.0 cm³/mol. The molecule has 0 aromatic heterocycles. The predicted octanol–water partition coefficient (Wildman–Crippen LogP) is 1.93. The number of nitrogens with one attached hydrogen (secondary N) is 2. The average molecular weight is 303 g/mol. The number of sulfonamides is 1. The fourth-order valence-corrected chi connectivity index (χ4v) is 3.90. The fourth-order valence-electron chi connectivity index (χ4n) is 2.26. The molecular formula is C13H19ClN2O2S. The van der Waals surface area contributed by atoms with Gasteiger partial charge in [0.25, 0.3) is 0 Å². The highest BCUT2D eigenvalue weighted by molar-refractivity contribution is 7.89. The van der Waals surface area contributed by atoms with E-state index in [0.29, 0.717) is 12.5 Å². The summed E-state index contributed by atoms with van der Waals surface area (Å²) >= 11 is 5.99. The van der Waals surface area contributed by atoms with Gasteiger partial charge in [0, 0.05) is 6.54 Å². The Bertz CT molecular complexity index is 540. The molecule has 1 aliphatic rings. The van der Waals surface area contributed by atoms with Crippen LogP contribution in [0.25, 0.3) is 0 Å². The highest BCUT2D eigenvalue weighted by Crippen LogP contribution is 2.22. The van der Waals surface area contributed by atoms with Crippen LogP contribution in [0.3, 0.4) is 0 Å². The van der Waals surface area contributed by atoms with Crippen molar-refractivity contribution in [1.29, 1.82) is 0 Å². The lowest BCUT2D eigenvalue weighted by atomic mass is 10.1. The van der Waals surface area contributed by atoms with Crippen LogP contribution in [0.15, 0.2) is 23.1 Å². The lowest BCUT2D eigenvalue weighted by molar-refractivity contribution is 0.519. The van der Waals surface area contributed by atoms with Crippen LogP contribution in [0.4, 0.5) is 0 Å². The maximum atomic E-state index is 12.1. The molecule has 0 amide bonds. The SMILES string of the molecule is Cc1ccc(S(=O)(=O)NCC[C@H]2CCNC2)c(Cl)c1. The Kier molecular flexibility index (Phi) is 4.84. The van der Waals surface area contributed by atoms with Crippen molar-refractivity contribution < 1.29 is 8.42 Å². The summed E-state index contributed by atoms with van der Waals surface area (Å²) in [5, 5.41) is 3.54. The van der Waals surface area contributed by atoms with E-state index in [1.165, 1.54) is 0 Å². The molecule has 1 aromatic carbocycles. The molecule has 0 radical (unpaired) electrons. The van der Waals surface area contributed by atoms with E-state index in [0.717, 1.165) is 31.5 Å². The second kappa shape index (κ2) is 6.22. The minimum absolute atomic E-state index is 0.157. The number of halogens is 1. The number of aryl methyl sites for hydroxylation is 1. The van der Waals surface area contributed by atoms with Gasteiger partial charge < -0.3 is 5.32 Å². The maximum Gasteiger partial charge on any atom is 0.242 e. The van der Waals surface area contributed by atoms with E-state index in [4.69, 9.17) is 11.6 Å². The Labute approximate surface area is 119 Å². The summed E-state index contributed by atoms with van der Waals surface area (Å²) in [7, 11) is -3.50. The molecule has 4 nitrogen and oxygen atoms in total. The molecule has 1 aromatic rings. The van der Waals surface area contributed by atoms with Gasteiger partial charge in [0.15, 0.2) is 0 Å². The van der Waals surface area contributed by atoms with Gasteiger partial charge in [-0.3, -0.25) is 0 Å². The van der Waals surface area contributed by atoms with Crippen molar-refractivity contribution in [3.05, 3.63) is 28.8 Å². The van der Waals surface area contributed by atoms with Crippen molar-refractivity contribution in [3.8, 4) is 0 Å². The maximum absolute atomic E-state index is 12.1. The van der Waals surface area contributed by atoms with E-state index in [2.05, 4.69) is 10.0 Å². The minimum Gasteiger partial charge on any atom is -0.316 e. The van der Waals surface area contributed by atoms with Crippen LogP contribution in [0.5, 0.6) is 0 Å². The van der Waals surface area contributed by atoms with Gasteiger partial charge in [-0.15, -0.1) is 0 Å². The fraction of sp³-hybridized carbons (Fsp3) is 0.538. The third-order valence-electron chi connectivity index (χ3n) is 3.38. The van der Waals surface area contributed by atoms with Gasteiger partial charge >= 0.3 is 0 Å².